The zero-order chi connectivity index (χ0) is 16.3. The van der Waals surface area contributed by atoms with Crippen LogP contribution in [0.1, 0.15) is 50.7 Å². The van der Waals surface area contributed by atoms with Crippen LogP contribution in [0.15, 0.2) is 48.5 Å². The Kier molecular flexibility index (Phi) is 7.51. The van der Waals surface area contributed by atoms with Gasteiger partial charge in [0.1, 0.15) is 0 Å². The number of hydrogen-bond donors (Lipinski definition) is 2. The highest BCUT2D eigenvalue weighted by Crippen LogP contribution is 2.24. The highest BCUT2D eigenvalue weighted by atomic mass is 14.9. The topological polar surface area (TPSA) is 24.1 Å². The van der Waals surface area contributed by atoms with Crippen LogP contribution in [0, 0.1) is 0 Å². The molecule has 0 spiro atoms. The van der Waals surface area contributed by atoms with Crippen molar-refractivity contribution in [3.8, 4) is 0 Å². The molecule has 0 bridgehead atoms. The quantitative estimate of drug-likeness (QED) is 0.550. The van der Waals surface area contributed by atoms with E-state index in [1.807, 2.05) is 0 Å². The Bertz CT molecular complexity index is 526. The Morgan fingerprint density at radius 3 is 1.52 bits per heavy atom. The van der Waals surface area contributed by atoms with E-state index < -0.39 is 0 Å². The molecule has 0 saturated heterocycles. The summed E-state index contributed by atoms with van der Waals surface area (Å²) in [6.07, 6.45) is 5.83. The predicted molar refractivity (Wildman–Crippen MR) is 102 cm³/mol. The average Bonchev–Trinajstić information content (AvgIpc) is 2.58. The molecule has 2 heteroatoms. The van der Waals surface area contributed by atoms with Gasteiger partial charge in [0.2, 0.25) is 0 Å². The standard InChI is InChI=1S/C21H30N2/c1-3-5-15-22-20-13-9-7-11-18(20)17-19-12-8-10-14-21(19)23-16-6-4-2/h7-14,22-23H,3-6,15-17H2,1-2H3. The molecule has 0 atom stereocenters. The summed E-state index contributed by atoms with van der Waals surface area (Å²) in [7, 11) is 0. The summed E-state index contributed by atoms with van der Waals surface area (Å²) < 4.78 is 0. The third-order valence-electron chi connectivity index (χ3n) is 4.11. The highest BCUT2D eigenvalue weighted by molar-refractivity contribution is 5.58. The fraction of sp³-hybridized carbons (Fsp3) is 0.429. The van der Waals surface area contributed by atoms with E-state index in [9.17, 15) is 0 Å². The van der Waals surface area contributed by atoms with Crippen molar-refractivity contribution in [2.75, 3.05) is 23.7 Å². The van der Waals surface area contributed by atoms with Crippen LogP contribution in [0.4, 0.5) is 11.4 Å². The van der Waals surface area contributed by atoms with Crippen molar-refractivity contribution in [2.45, 2.75) is 46.0 Å². The first kappa shape index (κ1) is 17.4. The van der Waals surface area contributed by atoms with Crippen LogP contribution in [0.2, 0.25) is 0 Å². The Labute approximate surface area is 141 Å². The molecule has 0 aromatic heterocycles. The van der Waals surface area contributed by atoms with Crippen LogP contribution in [-0.4, -0.2) is 13.1 Å². The molecule has 0 radical (unpaired) electrons. The normalized spacial score (nSPS) is 10.5. The van der Waals surface area contributed by atoms with Crippen molar-refractivity contribution in [3.05, 3.63) is 59.7 Å². The van der Waals surface area contributed by atoms with Gasteiger partial charge in [-0.3, -0.25) is 0 Å². The minimum atomic E-state index is 0.963. The molecular weight excluding hydrogens is 280 g/mol. The molecule has 0 aliphatic carbocycles. The Morgan fingerprint density at radius 2 is 1.09 bits per heavy atom. The summed E-state index contributed by atoms with van der Waals surface area (Å²) in [5.41, 5.74) is 5.27. The molecule has 0 aliphatic rings. The number of para-hydroxylation sites is 2. The summed E-state index contributed by atoms with van der Waals surface area (Å²) in [6, 6.07) is 17.3. The summed E-state index contributed by atoms with van der Waals surface area (Å²) in [5.74, 6) is 0. The van der Waals surface area contributed by atoms with E-state index in [1.54, 1.807) is 0 Å². The highest BCUT2D eigenvalue weighted by Gasteiger charge is 2.06. The lowest BCUT2D eigenvalue weighted by atomic mass is 10.0. The lowest BCUT2D eigenvalue weighted by Gasteiger charge is -2.15. The number of anilines is 2. The summed E-state index contributed by atoms with van der Waals surface area (Å²) in [6.45, 7) is 6.55. The monoisotopic (exact) mass is 310 g/mol. The molecule has 0 unspecified atom stereocenters. The molecule has 0 saturated carbocycles. The van der Waals surface area contributed by atoms with Gasteiger partial charge in [0.25, 0.3) is 0 Å². The lowest BCUT2D eigenvalue weighted by molar-refractivity contribution is 0.832. The zero-order valence-corrected chi connectivity index (χ0v) is 14.6. The van der Waals surface area contributed by atoms with E-state index in [-0.39, 0.29) is 0 Å². The molecule has 0 heterocycles. The summed E-state index contributed by atoms with van der Waals surface area (Å²) in [4.78, 5) is 0. The van der Waals surface area contributed by atoms with Gasteiger partial charge < -0.3 is 10.6 Å². The van der Waals surface area contributed by atoms with Crippen LogP contribution in [0.3, 0.4) is 0 Å². The first-order chi connectivity index (χ1) is 11.3. The average molecular weight is 310 g/mol. The van der Waals surface area contributed by atoms with E-state index in [0.29, 0.717) is 0 Å². The van der Waals surface area contributed by atoms with Gasteiger partial charge >= 0.3 is 0 Å². The van der Waals surface area contributed by atoms with E-state index in [1.165, 1.54) is 48.2 Å². The van der Waals surface area contributed by atoms with Gasteiger partial charge in [-0.05, 0) is 36.1 Å². The summed E-state index contributed by atoms with van der Waals surface area (Å²) in [5, 5.41) is 7.17. The van der Waals surface area contributed by atoms with Crippen LogP contribution in [0.25, 0.3) is 0 Å². The fourth-order valence-corrected chi connectivity index (χ4v) is 2.70. The van der Waals surface area contributed by atoms with Gasteiger partial charge in [0.05, 0.1) is 0 Å². The number of benzene rings is 2. The van der Waals surface area contributed by atoms with Crippen molar-refractivity contribution in [1.29, 1.82) is 0 Å². The smallest absolute Gasteiger partial charge is 0.0376 e. The molecular formula is C21H30N2. The van der Waals surface area contributed by atoms with E-state index in [4.69, 9.17) is 0 Å². The largest absolute Gasteiger partial charge is 0.385 e. The predicted octanol–water partition coefficient (Wildman–Crippen LogP) is 5.70. The van der Waals surface area contributed by atoms with Crippen LogP contribution < -0.4 is 10.6 Å². The van der Waals surface area contributed by atoms with Gasteiger partial charge in [-0.25, -0.2) is 0 Å². The molecule has 124 valence electrons. The van der Waals surface area contributed by atoms with E-state index in [0.717, 1.165) is 19.5 Å². The van der Waals surface area contributed by atoms with Crippen molar-refractivity contribution < 1.29 is 0 Å². The second-order valence-electron chi connectivity index (χ2n) is 6.05. The fourth-order valence-electron chi connectivity index (χ4n) is 2.70. The summed E-state index contributed by atoms with van der Waals surface area (Å²) >= 11 is 0. The minimum Gasteiger partial charge on any atom is -0.385 e. The Balaban J connectivity index is 2.09. The molecule has 2 nitrogen and oxygen atoms in total. The maximum absolute atomic E-state index is 3.59. The number of nitrogens with one attached hydrogen (secondary N) is 2. The number of hydrogen-bond acceptors (Lipinski definition) is 2. The van der Waals surface area contributed by atoms with Gasteiger partial charge in [-0.1, -0.05) is 63.1 Å². The van der Waals surface area contributed by atoms with Crippen LogP contribution in [0.5, 0.6) is 0 Å². The second kappa shape index (κ2) is 9.94. The molecule has 0 fully saturated rings. The van der Waals surface area contributed by atoms with Gasteiger partial charge in [-0.2, -0.15) is 0 Å². The first-order valence-corrected chi connectivity index (χ1v) is 8.98. The molecule has 0 amide bonds. The molecule has 2 aromatic carbocycles. The van der Waals surface area contributed by atoms with E-state index >= 15 is 0 Å². The third-order valence-corrected chi connectivity index (χ3v) is 4.11. The van der Waals surface area contributed by atoms with E-state index in [2.05, 4.69) is 73.0 Å². The molecule has 0 aliphatic heterocycles. The maximum Gasteiger partial charge on any atom is 0.0376 e. The first-order valence-electron chi connectivity index (χ1n) is 8.98. The Morgan fingerprint density at radius 1 is 0.652 bits per heavy atom. The molecule has 2 N–H and O–H groups in total. The van der Waals surface area contributed by atoms with Gasteiger partial charge in [0.15, 0.2) is 0 Å². The van der Waals surface area contributed by atoms with Crippen molar-refractivity contribution >= 4 is 11.4 Å². The van der Waals surface area contributed by atoms with Gasteiger partial charge in [-0.15, -0.1) is 0 Å². The number of rotatable bonds is 10. The second-order valence-corrected chi connectivity index (χ2v) is 6.05. The molecule has 2 aromatic rings. The van der Waals surface area contributed by atoms with Crippen molar-refractivity contribution in [2.24, 2.45) is 0 Å². The van der Waals surface area contributed by atoms with Crippen molar-refractivity contribution in [1.82, 2.24) is 0 Å². The maximum atomic E-state index is 3.59. The van der Waals surface area contributed by atoms with Crippen LogP contribution in [-0.2, 0) is 6.42 Å². The van der Waals surface area contributed by atoms with Crippen molar-refractivity contribution in [3.63, 3.8) is 0 Å². The molecule has 2 rings (SSSR count). The SMILES string of the molecule is CCCCNc1ccccc1Cc1ccccc1NCCCC. The number of unbranched alkanes of at least 4 members (excludes halogenated alkanes) is 2. The Hall–Kier alpha value is -1.96. The third kappa shape index (κ3) is 5.63. The van der Waals surface area contributed by atoms with Crippen LogP contribution >= 0.6 is 0 Å². The zero-order valence-electron chi connectivity index (χ0n) is 14.6. The lowest BCUT2D eigenvalue weighted by Crippen LogP contribution is -2.06. The van der Waals surface area contributed by atoms with Gasteiger partial charge in [0, 0.05) is 30.9 Å². The molecule has 23 heavy (non-hydrogen) atoms. The minimum absolute atomic E-state index is 0.963.